The summed E-state index contributed by atoms with van der Waals surface area (Å²) >= 11 is 7.66. The first-order valence-corrected chi connectivity index (χ1v) is 11.7. The van der Waals surface area contributed by atoms with Crippen molar-refractivity contribution in [2.75, 3.05) is 18.8 Å². The molecule has 2 heterocycles. The van der Waals surface area contributed by atoms with Gasteiger partial charge in [0.05, 0.1) is 17.6 Å². The number of rotatable bonds is 5. The molecule has 4 rings (SSSR count). The van der Waals surface area contributed by atoms with E-state index in [9.17, 15) is 4.79 Å². The molecule has 0 unspecified atom stereocenters. The number of nitrogens with zero attached hydrogens (tertiary/aromatic N) is 3. The van der Waals surface area contributed by atoms with E-state index in [0.717, 1.165) is 53.3 Å². The Morgan fingerprint density at radius 3 is 2.50 bits per heavy atom. The first-order chi connectivity index (χ1) is 13.6. The first kappa shape index (κ1) is 19.8. The number of aromatic nitrogens is 2. The van der Waals surface area contributed by atoms with Crippen LogP contribution in [-0.4, -0.2) is 39.2 Å². The number of amides is 1. The summed E-state index contributed by atoms with van der Waals surface area (Å²) in [6.45, 7) is 4.06. The van der Waals surface area contributed by atoms with Crippen molar-refractivity contribution in [3.63, 3.8) is 0 Å². The van der Waals surface area contributed by atoms with Gasteiger partial charge in [0.25, 0.3) is 0 Å². The number of hydrogen-bond acceptors (Lipinski definition) is 3. The van der Waals surface area contributed by atoms with E-state index >= 15 is 0 Å². The molecule has 0 atom stereocenters. The summed E-state index contributed by atoms with van der Waals surface area (Å²) in [7, 11) is 0. The lowest BCUT2D eigenvalue weighted by atomic mass is 9.99. The summed E-state index contributed by atoms with van der Waals surface area (Å²) in [6, 6.07) is 8.44. The molecule has 1 aliphatic carbocycles. The Labute approximate surface area is 176 Å². The number of piperidine rings is 1. The van der Waals surface area contributed by atoms with E-state index in [1.165, 1.54) is 25.7 Å². The van der Waals surface area contributed by atoms with Crippen LogP contribution in [0.2, 0.25) is 5.02 Å². The molecule has 2 aromatic rings. The molecule has 2 aliphatic rings. The van der Waals surface area contributed by atoms with Crippen molar-refractivity contribution in [3.8, 4) is 11.3 Å². The number of carbonyl (C=O) groups excluding carboxylic acids is 1. The molecule has 4 nitrogen and oxygen atoms in total. The number of hydrogen-bond donors (Lipinski definition) is 0. The highest BCUT2D eigenvalue weighted by Gasteiger charge is 2.25. The van der Waals surface area contributed by atoms with Crippen LogP contribution >= 0.6 is 23.4 Å². The number of halogens is 1. The molecule has 2 fully saturated rings. The molecule has 0 bridgehead atoms. The summed E-state index contributed by atoms with van der Waals surface area (Å²) in [5.41, 5.74) is 2.26. The Bertz CT molecular complexity index is 806. The third-order valence-corrected chi connectivity index (χ3v) is 7.26. The SMILES string of the molecule is CC1CCN(C(=O)CSc2ncc(-c3ccc(Cl)cc3)n2C2CCCC2)CC1. The van der Waals surface area contributed by atoms with Gasteiger partial charge in [0.2, 0.25) is 5.91 Å². The summed E-state index contributed by atoms with van der Waals surface area (Å²) in [6.07, 6.45) is 9.08. The Morgan fingerprint density at radius 1 is 1.14 bits per heavy atom. The van der Waals surface area contributed by atoms with Crippen molar-refractivity contribution in [1.82, 2.24) is 14.5 Å². The van der Waals surface area contributed by atoms with E-state index in [0.29, 0.717) is 11.8 Å². The zero-order valence-corrected chi connectivity index (χ0v) is 18.0. The summed E-state index contributed by atoms with van der Waals surface area (Å²) in [5, 5.41) is 1.71. The number of imidazole rings is 1. The minimum Gasteiger partial charge on any atom is -0.342 e. The Kier molecular flexibility index (Phi) is 6.32. The van der Waals surface area contributed by atoms with Gasteiger partial charge < -0.3 is 9.47 Å². The summed E-state index contributed by atoms with van der Waals surface area (Å²) in [5.74, 6) is 1.45. The maximum Gasteiger partial charge on any atom is 0.233 e. The number of thioether (sulfide) groups is 1. The van der Waals surface area contributed by atoms with Crippen LogP contribution in [0.4, 0.5) is 0 Å². The molecule has 6 heteroatoms. The molecular weight excluding hydrogens is 390 g/mol. The van der Waals surface area contributed by atoms with Crippen LogP contribution in [0.15, 0.2) is 35.6 Å². The van der Waals surface area contributed by atoms with Crippen molar-refractivity contribution >= 4 is 29.3 Å². The third kappa shape index (κ3) is 4.41. The molecule has 1 aromatic heterocycles. The van der Waals surface area contributed by atoms with Crippen LogP contribution in [0.3, 0.4) is 0 Å². The highest BCUT2D eigenvalue weighted by molar-refractivity contribution is 7.99. The highest BCUT2D eigenvalue weighted by Crippen LogP contribution is 2.38. The van der Waals surface area contributed by atoms with Crippen molar-refractivity contribution < 1.29 is 4.79 Å². The smallest absolute Gasteiger partial charge is 0.233 e. The summed E-state index contributed by atoms with van der Waals surface area (Å²) in [4.78, 5) is 19.4. The third-order valence-electron chi connectivity index (χ3n) is 6.05. The van der Waals surface area contributed by atoms with Crippen LogP contribution in [0.1, 0.15) is 51.5 Å². The van der Waals surface area contributed by atoms with Crippen molar-refractivity contribution in [2.24, 2.45) is 5.92 Å². The number of carbonyl (C=O) groups is 1. The monoisotopic (exact) mass is 417 g/mol. The lowest BCUT2D eigenvalue weighted by Crippen LogP contribution is -2.38. The molecular formula is C22H28ClN3OS. The lowest BCUT2D eigenvalue weighted by molar-refractivity contribution is -0.129. The van der Waals surface area contributed by atoms with Crippen LogP contribution in [0, 0.1) is 5.92 Å². The lowest BCUT2D eigenvalue weighted by Gasteiger charge is -2.30. The van der Waals surface area contributed by atoms with Gasteiger partial charge in [-0.1, -0.05) is 55.3 Å². The Hall–Kier alpha value is -1.46. The van der Waals surface area contributed by atoms with Crippen molar-refractivity contribution in [1.29, 1.82) is 0 Å². The van der Waals surface area contributed by atoms with Crippen LogP contribution in [0.5, 0.6) is 0 Å². The van der Waals surface area contributed by atoms with E-state index in [1.807, 2.05) is 23.2 Å². The normalized spacial score (nSPS) is 18.7. The average Bonchev–Trinajstić information content (AvgIpc) is 3.37. The second-order valence-electron chi connectivity index (χ2n) is 8.09. The van der Waals surface area contributed by atoms with Gasteiger partial charge in [-0.2, -0.15) is 0 Å². The molecule has 1 saturated heterocycles. The van der Waals surface area contributed by atoms with E-state index in [4.69, 9.17) is 16.6 Å². The topological polar surface area (TPSA) is 38.1 Å². The maximum absolute atomic E-state index is 12.7. The van der Waals surface area contributed by atoms with E-state index in [1.54, 1.807) is 11.8 Å². The van der Waals surface area contributed by atoms with E-state index in [2.05, 4.69) is 23.6 Å². The number of benzene rings is 1. The van der Waals surface area contributed by atoms with Crippen LogP contribution in [0.25, 0.3) is 11.3 Å². The van der Waals surface area contributed by atoms with E-state index < -0.39 is 0 Å². The molecule has 0 N–H and O–H groups in total. The Balaban J connectivity index is 1.51. The minimum absolute atomic E-state index is 0.242. The molecule has 0 radical (unpaired) electrons. The molecule has 1 saturated carbocycles. The van der Waals surface area contributed by atoms with Crippen molar-refractivity contribution in [2.45, 2.75) is 56.6 Å². The molecule has 28 heavy (non-hydrogen) atoms. The predicted molar refractivity (Wildman–Crippen MR) is 116 cm³/mol. The molecule has 1 aromatic carbocycles. The van der Waals surface area contributed by atoms with Gasteiger partial charge in [-0.15, -0.1) is 0 Å². The van der Waals surface area contributed by atoms with Crippen LogP contribution in [-0.2, 0) is 4.79 Å². The first-order valence-electron chi connectivity index (χ1n) is 10.4. The minimum atomic E-state index is 0.242. The zero-order valence-electron chi connectivity index (χ0n) is 16.4. The van der Waals surface area contributed by atoms with Gasteiger partial charge in [0.15, 0.2) is 5.16 Å². The largest absolute Gasteiger partial charge is 0.342 e. The fourth-order valence-corrected chi connectivity index (χ4v) is 5.35. The highest BCUT2D eigenvalue weighted by atomic mass is 35.5. The summed E-state index contributed by atoms with van der Waals surface area (Å²) < 4.78 is 2.37. The number of likely N-dealkylation sites (tertiary alicyclic amines) is 1. The zero-order chi connectivity index (χ0) is 19.5. The van der Waals surface area contributed by atoms with Crippen molar-refractivity contribution in [3.05, 3.63) is 35.5 Å². The molecule has 1 aliphatic heterocycles. The van der Waals surface area contributed by atoms with Gasteiger partial charge >= 0.3 is 0 Å². The van der Waals surface area contributed by atoms with E-state index in [-0.39, 0.29) is 5.91 Å². The molecule has 1 amide bonds. The van der Waals surface area contributed by atoms with Gasteiger partial charge in [-0.05, 0) is 49.3 Å². The molecule has 0 spiro atoms. The van der Waals surface area contributed by atoms with Crippen LogP contribution < -0.4 is 0 Å². The van der Waals surface area contributed by atoms with Gasteiger partial charge in [-0.25, -0.2) is 4.98 Å². The fraction of sp³-hybridized carbons (Fsp3) is 0.545. The maximum atomic E-state index is 12.7. The van der Waals surface area contributed by atoms with Gasteiger partial charge in [0, 0.05) is 24.2 Å². The fourth-order valence-electron chi connectivity index (χ4n) is 4.28. The second kappa shape index (κ2) is 8.91. The quantitative estimate of drug-likeness (QED) is 0.588. The molecule has 150 valence electrons. The Morgan fingerprint density at radius 2 is 1.82 bits per heavy atom. The standard InChI is InChI=1S/C22H28ClN3OS/c1-16-10-12-25(13-11-16)21(27)15-28-22-24-14-20(17-6-8-18(23)9-7-17)26(22)19-4-2-3-5-19/h6-9,14,16,19H,2-5,10-13,15H2,1H3. The van der Waals surface area contributed by atoms with Gasteiger partial charge in [0.1, 0.15) is 0 Å². The van der Waals surface area contributed by atoms with Gasteiger partial charge in [-0.3, -0.25) is 4.79 Å². The second-order valence-corrected chi connectivity index (χ2v) is 9.47. The average molecular weight is 418 g/mol. The predicted octanol–water partition coefficient (Wildman–Crippen LogP) is 5.67.